The molecular weight excluding hydrogens is 422 g/mol. The number of pyridine rings is 1. The minimum atomic E-state index is -0.743. The van der Waals surface area contributed by atoms with Crippen LogP contribution in [-0.4, -0.2) is 23.4 Å². The van der Waals surface area contributed by atoms with Crippen LogP contribution in [0.1, 0.15) is 33.3 Å². The zero-order valence-electron chi connectivity index (χ0n) is 17.6. The summed E-state index contributed by atoms with van der Waals surface area (Å²) in [6.07, 6.45) is 1.62. The number of carbonyl (C=O) groups is 2. The lowest BCUT2D eigenvalue weighted by atomic mass is 9.98. The van der Waals surface area contributed by atoms with Gasteiger partial charge in [0.2, 0.25) is 5.76 Å². The number of primary amides is 1. The number of rotatable bonds is 5. The number of benzene rings is 2. The molecule has 0 saturated heterocycles. The molecule has 1 aliphatic heterocycles. The van der Waals surface area contributed by atoms with Gasteiger partial charge in [0.05, 0.1) is 17.0 Å². The molecule has 164 valence electrons. The molecule has 2 aromatic heterocycles. The molecule has 1 aliphatic rings. The summed E-state index contributed by atoms with van der Waals surface area (Å²) in [5, 5.41) is 0.398. The van der Waals surface area contributed by atoms with E-state index in [0.717, 1.165) is 5.56 Å². The van der Waals surface area contributed by atoms with Crippen LogP contribution in [0.3, 0.4) is 0 Å². The number of aromatic nitrogens is 1. The van der Waals surface area contributed by atoms with Crippen LogP contribution in [0.5, 0.6) is 5.75 Å². The molecule has 2 amide bonds. The number of hydrogen-bond acceptors (Lipinski definition) is 6. The normalized spacial score (nSPS) is 15.0. The van der Waals surface area contributed by atoms with Gasteiger partial charge in [-0.2, -0.15) is 0 Å². The molecule has 2 N–H and O–H groups in total. The van der Waals surface area contributed by atoms with Crippen LogP contribution in [-0.2, 0) is 4.79 Å². The quantitative estimate of drug-likeness (QED) is 0.509. The van der Waals surface area contributed by atoms with Crippen molar-refractivity contribution in [2.24, 2.45) is 5.73 Å². The fraction of sp³-hybridized carbons (Fsp3) is 0.120. The van der Waals surface area contributed by atoms with Crippen LogP contribution in [0, 0.1) is 6.92 Å². The smallest absolute Gasteiger partial charge is 0.296 e. The predicted octanol–water partition coefficient (Wildman–Crippen LogP) is 3.11. The van der Waals surface area contributed by atoms with E-state index in [9.17, 15) is 14.4 Å². The topological polar surface area (TPSA) is 116 Å². The highest BCUT2D eigenvalue weighted by Gasteiger charge is 2.44. The van der Waals surface area contributed by atoms with Crippen molar-refractivity contribution in [3.63, 3.8) is 0 Å². The lowest BCUT2D eigenvalue weighted by molar-refractivity contribution is -0.119. The summed E-state index contributed by atoms with van der Waals surface area (Å²) < 4.78 is 11.3. The van der Waals surface area contributed by atoms with Crippen molar-refractivity contribution in [3.8, 4) is 5.75 Å². The van der Waals surface area contributed by atoms with E-state index in [2.05, 4.69) is 4.98 Å². The Morgan fingerprint density at radius 3 is 2.61 bits per heavy atom. The fourth-order valence-electron chi connectivity index (χ4n) is 4.02. The molecule has 2 aromatic carbocycles. The molecule has 1 atom stereocenters. The highest BCUT2D eigenvalue weighted by atomic mass is 16.5. The number of amides is 2. The van der Waals surface area contributed by atoms with Crippen molar-refractivity contribution < 1.29 is 18.7 Å². The van der Waals surface area contributed by atoms with Crippen LogP contribution in [0.4, 0.5) is 5.82 Å². The van der Waals surface area contributed by atoms with E-state index in [1.54, 1.807) is 60.8 Å². The van der Waals surface area contributed by atoms with Crippen molar-refractivity contribution in [1.82, 2.24) is 4.98 Å². The number of carbonyl (C=O) groups excluding carboxylic acids is 2. The van der Waals surface area contributed by atoms with Crippen molar-refractivity contribution in [3.05, 3.63) is 99.5 Å². The number of fused-ring (bicyclic) bond motifs is 2. The Kier molecular flexibility index (Phi) is 4.90. The number of nitrogens with zero attached hydrogens (tertiary/aromatic N) is 2. The van der Waals surface area contributed by atoms with E-state index in [4.69, 9.17) is 14.9 Å². The molecule has 8 heteroatoms. The van der Waals surface area contributed by atoms with Crippen LogP contribution in [0.15, 0.2) is 76.1 Å². The van der Waals surface area contributed by atoms with Gasteiger partial charge in [0, 0.05) is 6.20 Å². The maximum Gasteiger partial charge on any atom is 0.296 e. The summed E-state index contributed by atoms with van der Waals surface area (Å²) in [4.78, 5) is 43.9. The number of hydrogen-bond donors (Lipinski definition) is 1. The monoisotopic (exact) mass is 441 g/mol. The maximum absolute atomic E-state index is 13.5. The number of nitrogens with two attached hydrogens (primary N) is 1. The molecule has 0 bridgehead atoms. The third-order valence-corrected chi connectivity index (χ3v) is 5.50. The van der Waals surface area contributed by atoms with E-state index in [1.165, 1.54) is 4.90 Å². The third kappa shape index (κ3) is 3.51. The average Bonchev–Trinajstić information content (AvgIpc) is 3.11. The summed E-state index contributed by atoms with van der Waals surface area (Å²) in [5.41, 5.74) is 7.06. The largest absolute Gasteiger partial charge is 0.484 e. The Balaban J connectivity index is 1.69. The molecule has 8 nitrogen and oxygen atoms in total. The van der Waals surface area contributed by atoms with Gasteiger partial charge in [0.1, 0.15) is 17.2 Å². The molecule has 0 radical (unpaired) electrons. The summed E-state index contributed by atoms with van der Waals surface area (Å²) in [5.74, 6) is -0.177. The molecule has 4 aromatic rings. The number of anilines is 1. The number of para-hydroxylation sites is 1. The van der Waals surface area contributed by atoms with Gasteiger partial charge in [-0.1, -0.05) is 24.3 Å². The lowest BCUT2D eigenvalue weighted by Gasteiger charge is -2.24. The van der Waals surface area contributed by atoms with Gasteiger partial charge in [-0.15, -0.1) is 0 Å². The van der Waals surface area contributed by atoms with Crippen molar-refractivity contribution in [1.29, 1.82) is 0 Å². The first-order valence-electron chi connectivity index (χ1n) is 10.3. The van der Waals surface area contributed by atoms with E-state index >= 15 is 0 Å². The van der Waals surface area contributed by atoms with Gasteiger partial charge in [-0.25, -0.2) is 4.98 Å². The zero-order valence-corrected chi connectivity index (χ0v) is 17.6. The minimum absolute atomic E-state index is 0.000982. The molecule has 3 heterocycles. The highest BCUT2D eigenvalue weighted by molar-refractivity contribution is 6.10. The van der Waals surface area contributed by atoms with Gasteiger partial charge in [0.25, 0.3) is 11.8 Å². The number of aryl methyl sites for hydroxylation is 1. The van der Waals surface area contributed by atoms with Crippen molar-refractivity contribution >= 4 is 28.6 Å². The molecule has 0 fully saturated rings. The molecule has 0 aliphatic carbocycles. The predicted molar refractivity (Wildman–Crippen MR) is 121 cm³/mol. The van der Waals surface area contributed by atoms with Crippen LogP contribution in [0.2, 0.25) is 0 Å². The molecule has 0 saturated carbocycles. The Morgan fingerprint density at radius 2 is 1.88 bits per heavy atom. The van der Waals surface area contributed by atoms with E-state index in [0.29, 0.717) is 28.1 Å². The second-order valence-electron chi connectivity index (χ2n) is 7.76. The van der Waals surface area contributed by atoms with Gasteiger partial charge >= 0.3 is 0 Å². The highest BCUT2D eigenvalue weighted by Crippen LogP contribution is 2.41. The van der Waals surface area contributed by atoms with Gasteiger partial charge < -0.3 is 14.9 Å². The molecule has 1 unspecified atom stereocenters. The number of ether oxygens (including phenoxy) is 1. The SMILES string of the molecule is Cc1ccnc(N2C(=O)c3oc4ccccc4c(=O)c3C2c2ccc(OCC(N)=O)cc2)c1. The van der Waals surface area contributed by atoms with Crippen molar-refractivity contribution in [2.45, 2.75) is 13.0 Å². The van der Waals surface area contributed by atoms with Crippen molar-refractivity contribution in [2.75, 3.05) is 11.5 Å². The summed E-state index contributed by atoms with van der Waals surface area (Å²) in [7, 11) is 0. The molecule has 5 rings (SSSR count). The standard InChI is InChI=1S/C25H19N3O5/c1-14-10-11-27-20(12-14)28-22(15-6-8-16(9-7-15)32-13-19(26)29)21-23(30)17-4-2-3-5-18(17)33-24(21)25(28)31/h2-12,22H,13H2,1H3,(H2,26,29). The van der Waals surface area contributed by atoms with E-state index < -0.39 is 17.9 Å². The van der Waals surface area contributed by atoms with E-state index in [-0.39, 0.29) is 23.4 Å². The first-order valence-corrected chi connectivity index (χ1v) is 10.3. The summed E-state index contributed by atoms with van der Waals surface area (Å²) in [6, 6.07) is 16.5. The van der Waals surface area contributed by atoms with Crippen LogP contribution in [0.25, 0.3) is 11.0 Å². The molecule has 0 spiro atoms. The van der Waals surface area contributed by atoms with Crippen LogP contribution < -0.4 is 20.8 Å². The van der Waals surface area contributed by atoms with Crippen LogP contribution >= 0.6 is 0 Å². The summed E-state index contributed by atoms with van der Waals surface area (Å²) in [6.45, 7) is 1.65. The summed E-state index contributed by atoms with van der Waals surface area (Å²) >= 11 is 0. The minimum Gasteiger partial charge on any atom is -0.484 e. The third-order valence-electron chi connectivity index (χ3n) is 5.50. The first kappa shape index (κ1) is 20.4. The molecule has 33 heavy (non-hydrogen) atoms. The Morgan fingerprint density at radius 1 is 1.12 bits per heavy atom. The van der Waals surface area contributed by atoms with Gasteiger partial charge in [-0.3, -0.25) is 19.3 Å². The van der Waals surface area contributed by atoms with Gasteiger partial charge in [-0.05, 0) is 54.4 Å². The average molecular weight is 441 g/mol. The maximum atomic E-state index is 13.5. The first-order chi connectivity index (χ1) is 15.9. The Bertz CT molecular complexity index is 1460. The zero-order chi connectivity index (χ0) is 23.1. The second-order valence-corrected chi connectivity index (χ2v) is 7.76. The Hall–Kier alpha value is -4.46. The van der Waals surface area contributed by atoms with E-state index in [1.807, 2.05) is 13.0 Å². The second kappa shape index (κ2) is 7.90. The van der Waals surface area contributed by atoms with Gasteiger partial charge in [0.15, 0.2) is 12.0 Å². The fourth-order valence-corrected chi connectivity index (χ4v) is 4.02. The lowest BCUT2D eigenvalue weighted by Crippen LogP contribution is -2.30. The molecular formula is C25H19N3O5. The Labute approximate surface area is 188 Å².